The molecule has 0 fully saturated rings. The third kappa shape index (κ3) is 4.11. The third-order valence-corrected chi connectivity index (χ3v) is 5.43. The molecule has 0 saturated heterocycles. The van der Waals surface area contributed by atoms with Gasteiger partial charge in [-0.1, -0.05) is 54.6 Å². The van der Waals surface area contributed by atoms with Gasteiger partial charge in [0.25, 0.3) is 0 Å². The van der Waals surface area contributed by atoms with Gasteiger partial charge in [0.2, 0.25) is 0 Å². The first kappa shape index (κ1) is 16.5. The predicted octanol–water partition coefficient (Wildman–Crippen LogP) is 3.35. The molecule has 0 aliphatic heterocycles. The molecule has 0 aliphatic rings. The molecule has 5 heteroatoms. The van der Waals surface area contributed by atoms with Crippen molar-refractivity contribution in [3.05, 3.63) is 89.5 Å². The highest BCUT2D eigenvalue weighted by Crippen LogP contribution is 2.15. The number of imidazole rings is 1. The second kappa shape index (κ2) is 7.01. The van der Waals surface area contributed by atoms with Crippen LogP contribution in [0.5, 0.6) is 0 Å². The molecule has 124 valence electrons. The summed E-state index contributed by atoms with van der Waals surface area (Å²) in [6.07, 6.45) is 3.48. The van der Waals surface area contributed by atoms with Gasteiger partial charge in [-0.3, -0.25) is 0 Å². The molecule has 0 amide bonds. The summed E-state index contributed by atoms with van der Waals surface area (Å²) in [5.74, 6) is 0.561. The van der Waals surface area contributed by atoms with Gasteiger partial charge in [-0.2, -0.15) is 0 Å². The maximum Gasteiger partial charge on any atom is 0.161 e. The molecular formula is C19H20N2O2S. The van der Waals surface area contributed by atoms with Crippen LogP contribution in [0.15, 0.2) is 67.0 Å². The van der Waals surface area contributed by atoms with E-state index in [2.05, 4.69) is 4.98 Å². The van der Waals surface area contributed by atoms with Gasteiger partial charge >= 0.3 is 0 Å². The second-order valence-corrected chi connectivity index (χ2v) is 7.98. The molecule has 4 nitrogen and oxygen atoms in total. The summed E-state index contributed by atoms with van der Waals surface area (Å²) in [5.41, 5.74) is 2.96. The van der Waals surface area contributed by atoms with Gasteiger partial charge in [0.15, 0.2) is 9.84 Å². The summed E-state index contributed by atoms with van der Waals surface area (Å²) in [4.78, 5) is 4.25. The van der Waals surface area contributed by atoms with Gasteiger partial charge in [-0.05, 0) is 23.6 Å². The third-order valence-electron chi connectivity index (χ3n) is 3.98. The molecule has 3 rings (SSSR count). The fraction of sp³-hybridized carbons (Fsp3) is 0.211. The second-order valence-electron chi connectivity index (χ2n) is 5.92. The minimum Gasteiger partial charge on any atom is -0.330 e. The minimum absolute atomic E-state index is 0.0396. The smallest absolute Gasteiger partial charge is 0.161 e. The van der Waals surface area contributed by atoms with Crippen LogP contribution in [-0.4, -0.2) is 18.0 Å². The number of hydrogen-bond donors (Lipinski definition) is 0. The summed E-state index contributed by atoms with van der Waals surface area (Å²) in [6, 6.07) is 17.5. The van der Waals surface area contributed by atoms with E-state index in [1.807, 2.05) is 72.3 Å². The Morgan fingerprint density at radius 3 is 2.42 bits per heavy atom. The van der Waals surface area contributed by atoms with E-state index in [0.717, 1.165) is 16.7 Å². The van der Waals surface area contributed by atoms with Crippen molar-refractivity contribution < 1.29 is 8.42 Å². The van der Waals surface area contributed by atoms with E-state index >= 15 is 0 Å². The van der Waals surface area contributed by atoms with E-state index in [-0.39, 0.29) is 11.5 Å². The number of nitrogens with zero attached hydrogens (tertiary/aromatic N) is 2. The van der Waals surface area contributed by atoms with Gasteiger partial charge in [0.05, 0.1) is 5.75 Å². The Kier molecular flexibility index (Phi) is 4.81. The van der Waals surface area contributed by atoms with E-state index in [1.165, 1.54) is 0 Å². The van der Waals surface area contributed by atoms with E-state index in [9.17, 15) is 8.42 Å². The largest absolute Gasteiger partial charge is 0.330 e. The highest BCUT2D eigenvalue weighted by molar-refractivity contribution is 7.89. The van der Waals surface area contributed by atoms with Crippen molar-refractivity contribution in [3.63, 3.8) is 0 Å². The zero-order valence-electron chi connectivity index (χ0n) is 13.6. The summed E-state index contributed by atoms with van der Waals surface area (Å²) < 4.78 is 27.0. The van der Waals surface area contributed by atoms with Crippen molar-refractivity contribution in [1.82, 2.24) is 9.55 Å². The van der Waals surface area contributed by atoms with E-state index in [1.54, 1.807) is 6.20 Å². The Labute approximate surface area is 142 Å². The summed E-state index contributed by atoms with van der Waals surface area (Å²) in [5, 5.41) is 0. The quantitative estimate of drug-likeness (QED) is 0.691. The van der Waals surface area contributed by atoms with Gasteiger partial charge in [-0.25, -0.2) is 13.4 Å². The lowest BCUT2D eigenvalue weighted by atomic mass is 10.1. The van der Waals surface area contributed by atoms with Crippen LogP contribution >= 0.6 is 0 Å². The number of benzene rings is 2. The molecule has 0 spiro atoms. The molecule has 0 saturated carbocycles. The predicted molar refractivity (Wildman–Crippen MR) is 95.3 cm³/mol. The summed E-state index contributed by atoms with van der Waals surface area (Å²) >= 11 is 0. The number of aryl methyl sites for hydroxylation is 1. The topological polar surface area (TPSA) is 52.0 Å². The van der Waals surface area contributed by atoms with Crippen LogP contribution < -0.4 is 0 Å². The van der Waals surface area contributed by atoms with Gasteiger partial charge < -0.3 is 4.57 Å². The van der Waals surface area contributed by atoms with Crippen LogP contribution in [0.2, 0.25) is 0 Å². The van der Waals surface area contributed by atoms with Gasteiger partial charge in [0.1, 0.15) is 11.6 Å². The molecule has 0 atom stereocenters. The molecule has 2 aromatic carbocycles. The lowest BCUT2D eigenvalue weighted by Gasteiger charge is -2.10. The zero-order valence-corrected chi connectivity index (χ0v) is 14.4. The van der Waals surface area contributed by atoms with Crippen molar-refractivity contribution in [2.24, 2.45) is 0 Å². The molecule has 0 radical (unpaired) electrons. The fourth-order valence-electron chi connectivity index (χ4n) is 2.66. The Morgan fingerprint density at radius 2 is 1.67 bits per heavy atom. The normalized spacial score (nSPS) is 11.5. The first-order chi connectivity index (χ1) is 11.5. The van der Waals surface area contributed by atoms with Crippen LogP contribution in [0.25, 0.3) is 0 Å². The maximum atomic E-state index is 12.6. The van der Waals surface area contributed by atoms with E-state index < -0.39 is 9.84 Å². The highest BCUT2D eigenvalue weighted by Gasteiger charge is 2.17. The Morgan fingerprint density at radius 1 is 0.958 bits per heavy atom. The Bertz CT molecular complexity index is 915. The Balaban J connectivity index is 1.76. The average Bonchev–Trinajstić information content (AvgIpc) is 2.96. The van der Waals surface area contributed by atoms with Crippen molar-refractivity contribution in [1.29, 1.82) is 0 Å². The highest BCUT2D eigenvalue weighted by atomic mass is 32.2. The first-order valence-corrected chi connectivity index (χ1v) is 9.64. The van der Waals surface area contributed by atoms with Crippen molar-refractivity contribution in [3.8, 4) is 0 Å². The number of rotatable bonds is 6. The van der Waals surface area contributed by atoms with Crippen molar-refractivity contribution >= 4 is 9.84 Å². The molecule has 1 aromatic heterocycles. The minimum atomic E-state index is -3.28. The first-order valence-electron chi connectivity index (χ1n) is 7.82. The van der Waals surface area contributed by atoms with Crippen LogP contribution in [-0.2, 0) is 27.9 Å². The Hall–Kier alpha value is -2.40. The fourth-order valence-corrected chi connectivity index (χ4v) is 4.19. The number of sulfone groups is 1. The van der Waals surface area contributed by atoms with Gasteiger partial charge in [-0.15, -0.1) is 0 Å². The van der Waals surface area contributed by atoms with E-state index in [0.29, 0.717) is 12.4 Å². The number of aromatic nitrogens is 2. The van der Waals surface area contributed by atoms with Crippen molar-refractivity contribution in [2.45, 2.75) is 25.0 Å². The SMILES string of the molecule is Cc1ccccc1CS(=O)(=O)Cc1nccn1Cc1ccccc1. The summed E-state index contributed by atoms with van der Waals surface area (Å²) in [6.45, 7) is 2.55. The summed E-state index contributed by atoms with van der Waals surface area (Å²) in [7, 11) is -3.28. The molecule has 0 bridgehead atoms. The molecule has 0 unspecified atom stereocenters. The molecule has 3 aromatic rings. The maximum absolute atomic E-state index is 12.6. The molecule has 24 heavy (non-hydrogen) atoms. The standard InChI is InChI=1S/C19H20N2O2S/c1-16-7-5-6-10-18(16)14-24(22,23)15-19-20-11-12-21(19)13-17-8-3-2-4-9-17/h2-12H,13-15H2,1H3. The number of hydrogen-bond acceptors (Lipinski definition) is 3. The van der Waals surface area contributed by atoms with Crippen LogP contribution in [0.1, 0.15) is 22.5 Å². The monoisotopic (exact) mass is 340 g/mol. The average molecular weight is 340 g/mol. The van der Waals surface area contributed by atoms with Crippen LogP contribution in [0.3, 0.4) is 0 Å². The zero-order chi connectivity index (χ0) is 17.0. The van der Waals surface area contributed by atoms with Crippen LogP contribution in [0.4, 0.5) is 0 Å². The molecule has 1 heterocycles. The van der Waals surface area contributed by atoms with Crippen molar-refractivity contribution in [2.75, 3.05) is 0 Å². The van der Waals surface area contributed by atoms with E-state index in [4.69, 9.17) is 0 Å². The van der Waals surface area contributed by atoms with Crippen LogP contribution in [0, 0.1) is 6.92 Å². The lowest BCUT2D eigenvalue weighted by molar-refractivity contribution is 0.590. The van der Waals surface area contributed by atoms with Gasteiger partial charge in [0, 0.05) is 18.9 Å². The molecule has 0 N–H and O–H groups in total. The lowest BCUT2D eigenvalue weighted by Crippen LogP contribution is -2.13. The molecular weight excluding hydrogens is 320 g/mol. The molecule has 0 aliphatic carbocycles.